The third-order valence-electron chi connectivity index (χ3n) is 2.69. The lowest BCUT2D eigenvalue weighted by Gasteiger charge is -2.27. The zero-order chi connectivity index (χ0) is 10.8. The van der Waals surface area contributed by atoms with Gasteiger partial charge in [-0.25, -0.2) is 9.97 Å². The molecule has 0 bridgehead atoms. The SMILES string of the molecule is CC(C)c1nc(Cl)cc(NC2CCC2)n1. The van der Waals surface area contributed by atoms with Crippen LogP contribution in [0.15, 0.2) is 6.07 Å². The second-order valence-corrected chi connectivity index (χ2v) is 4.75. The molecule has 0 atom stereocenters. The molecule has 1 aromatic rings. The number of hydrogen-bond donors (Lipinski definition) is 1. The molecule has 4 heteroatoms. The van der Waals surface area contributed by atoms with Gasteiger partial charge >= 0.3 is 0 Å². The topological polar surface area (TPSA) is 37.8 Å². The second-order valence-electron chi connectivity index (χ2n) is 4.36. The van der Waals surface area contributed by atoms with E-state index in [1.54, 1.807) is 6.07 Å². The molecule has 1 heterocycles. The number of hydrogen-bond acceptors (Lipinski definition) is 3. The van der Waals surface area contributed by atoms with E-state index in [-0.39, 0.29) is 0 Å². The number of aromatic nitrogens is 2. The van der Waals surface area contributed by atoms with Crippen LogP contribution in [0.1, 0.15) is 44.9 Å². The third kappa shape index (κ3) is 2.59. The van der Waals surface area contributed by atoms with E-state index in [1.165, 1.54) is 19.3 Å². The maximum atomic E-state index is 5.95. The van der Waals surface area contributed by atoms with Crippen LogP contribution in [0.2, 0.25) is 5.15 Å². The Morgan fingerprint density at radius 2 is 2.13 bits per heavy atom. The molecule has 0 spiro atoms. The summed E-state index contributed by atoms with van der Waals surface area (Å²) in [7, 11) is 0. The molecule has 0 aliphatic heterocycles. The Morgan fingerprint density at radius 3 is 2.67 bits per heavy atom. The van der Waals surface area contributed by atoms with Crippen LogP contribution in [0, 0.1) is 0 Å². The fourth-order valence-corrected chi connectivity index (χ4v) is 1.72. The van der Waals surface area contributed by atoms with E-state index in [2.05, 4.69) is 29.1 Å². The maximum Gasteiger partial charge on any atom is 0.135 e. The molecule has 0 amide bonds. The van der Waals surface area contributed by atoms with E-state index in [0.717, 1.165) is 11.6 Å². The van der Waals surface area contributed by atoms with Crippen LogP contribution >= 0.6 is 11.6 Å². The molecular weight excluding hydrogens is 210 g/mol. The van der Waals surface area contributed by atoms with Crippen LogP contribution < -0.4 is 5.32 Å². The van der Waals surface area contributed by atoms with Gasteiger partial charge < -0.3 is 5.32 Å². The van der Waals surface area contributed by atoms with E-state index in [4.69, 9.17) is 11.6 Å². The van der Waals surface area contributed by atoms with Gasteiger partial charge in [-0.2, -0.15) is 0 Å². The minimum absolute atomic E-state index is 0.311. The summed E-state index contributed by atoms with van der Waals surface area (Å²) < 4.78 is 0. The van der Waals surface area contributed by atoms with Crippen molar-refractivity contribution in [3.05, 3.63) is 17.0 Å². The number of nitrogens with one attached hydrogen (secondary N) is 1. The van der Waals surface area contributed by atoms with Gasteiger partial charge in [-0.05, 0) is 19.3 Å². The highest BCUT2D eigenvalue weighted by atomic mass is 35.5. The third-order valence-corrected chi connectivity index (χ3v) is 2.88. The van der Waals surface area contributed by atoms with Crippen LogP contribution in [0.5, 0.6) is 0 Å². The minimum atomic E-state index is 0.311. The van der Waals surface area contributed by atoms with Crippen molar-refractivity contribution in [2.75, 3.05) is 5.32 Å². The monoisotopic (exact) mass is 225 g/mol. The van der Waals surface area contributed by atoms with Gasteiger partial charge in [0.25, 0.3) is 0 Å². The number of halogens is 1. The first-order valence-corrected chi connectivity index (χ1v) is 5.84. The zero-order valence-electron chi connectivity index (χ0n) is 9.13. The summed E-state index contributed by atoms with van der Waals surface area (Å²) in [6, 6.07) is 2.38. The molecule has 3 nitrogen and oxygen atoms in total. The van der Waals surface area contributed by atoms with Gasteiger partial charge in [-0.1, -0.05) is 25.4 Å². The lowest BCUT2D eigenvalue weighted by atomic mass is 9.93. The van der Waals surface area contributed by atoms with Crippen molar-refractivity contribution >= 4 is 17.4 Å². The molecule has 1 saturated carbocycles. The van der Waals surface area contributed by atoms with Gasteiger partial charge in [0.1, 0.15) is 16.8 Å². The summed E-state index contributed by atoms with van der Waals surface area (Å²) in [5, 5.41) is 3.90. The van der Waals surface area contributed by atoms with Crippen molar-refractivity contribution in [1.29, 1.82) is 0 Å². The van der Waals surface area contributed by atoms with Crippen LogP contribution in [0.3, 0.4) is 0 Å². The molecule has 82 valence electrons. The highest BCUT2D eigenvalue weighted by Gasteiger charge is 2.18. The van der Waals surface area contributed by atoms with E-state index < -0.39 is 0 Å². The standard InChI is InChI=1S/C11H16ClN3/c1-7(2)11-14-9(12)6-10(15-11)13-8-4-3-5-8/h6-8H,3-5H2,1-2H3,(H,13,14,15). The molecule has 1 N–H and O–H groups in total. The first-order chi connectivity index (χ1) is 7.15. The fourth-order valence-electron chi connectivity index (χ4n) is 1.53. The summed E-state index contributed by atoms with van der Waals surface area (Å²) in [5.41, 5.74) is 0. The Balaban J connectivity index is 2.15. The summed E-state index contributed by atoms with van der Waals surface area (Å²) >= 11 is 5.95. The number of rotatable bonds is 3. The van der Waals surface area contributed by atoms with Crippen molar-refractivity contribution in [3.63, 3.8) is 0 Å². The lowest BCUT2D eigenvalue weighted by Crippen LogP contribution is -2.27. The van der Waals surface area contributed by atoms with Crippen LogP contribution in [0.4, 0.5) is 5.82 Å². The Kier molecular flexibility index (Phi) is 3.10. The lowest BCUT2D eigenvalue weighted by molar-refractivity contribution is 0.444. The van der Waals surface area contributed by atoms with Crippen LogP contribution in [-0.2, 0) is 0 Å². The van der Waals surface area contributed by atoms with Gasteiger partial charge in [0.15, 0.2) is 0 Å². The average Bonchev–Trinajstić information content (AvgIpc) is 2.10. The van der Waals surface area contributed by atoms with Gasteiger partial charge in [0.2, 0.25) is 0 Å². The van der Waals surface area contributed by atoms with Gasteiger partial charge in [-0.3, -0.25) is 0 Å². The first-order valence-electron chi connectivity index (χ1n) is 5.46. The van der Waals surface area contributed by atoms with E-state index >= 15 is 0 Å². The van der Waals surface area contributed by atoms with E-state index in [9.17, 15) is 0 Å². The summed E-state index contributed by atoms with van der Waals surface area (Å²) in [6.07, 6.45) is 3.78. The molecule has 1 aliphatic carbocycles. The highest BCUT2D eigenvalue weighted by Crippen LogP contribution is 2.24. The molecule has 1 aromatic heterocycles. The van der Waals surface area contributed by atoms with Gasteiger partial charge in [-0.15, -0.1) is 0 Å². The van der Waals surface area contributed by atoms with Crippen molar-refractivity contribution < 1.29 is 0 Å². The van der Waals surface area contributed by atoms with Crippen molar-refractivity contribution in [3.8, 4) is 0 Å². The van der Waals surface area contributed by atoms with Gasteiger partial charge in [0.05, 0.1) is 0 Å². The molecule has 2 rings (SSSR count). The smallest absolute Gasteiger partial charge is 0.135 e. The highest BCUT2D eigenvalue weighted by molar-refractivity contribution is 6.29. The molecule has 1 fully saturated rings. The summed E-state index contributed by atoms with van der Waals surface area (Å²) in [5.74, 6) is 1.98. The molecule has 0 aromatic carbocycles. The molecule has 1 aliphatic rings. The Labute approximate surface area is 95.3 Å². The molecule has 0 saturated heterocycles. The van der Waals surface area contributed by atoms with E-state index in [0.29, 0.717) is 17.1 Å². The van der Waals surface area contributed by atoms with Crippen molar-refractivity contribution in [1.82, 2.24) is 9.97 Å². The predicted octanol–water partition coefficient (Wildman–Crippen LogP) is 3.22. The molecular formula is C11H16ClN3. The Morgan fingerprint density at radius 1 is 1.40 bits per heavy atom. The summed E-state index contributed by atoms with van der Waals surface area (Å²) in [6.45, 7) is 4.14. The van der Waals surface area contributed by atoms with Crippen LogP contribution in [0.25, 0.3) is 0 Å². The number of anilines is 1. The Bertz CT molecular complexity index is 348. The quantitative estimate of drug-likeness (QED) is 0.803. The first kappa shape index (κ1) is 10.7. The zero-order valence-corrected chi connectivity index (χ0v) is 9.88. The average molecular weight is 226 g/mol. The van der Waals surface area contributed by atoms with Gasteiger partial charge in [0, 0.05) is 18.0 Å². The maximum absolute atomic E-state index is 5.95. The Hall–Kier alpha value is -0.830. The molecule has 15 heavy (non-hydrogen) atoms. The van der Waals surface area contributed by atoms with Crippen LogP contribution in [-0.4, -0.2) is 16.0 Å². The fraction of sp³-hybridized carbons (Fsp3) is 0.636. The minimum Gasteiger partial charge on any atom is -0.367 e. The number of nitrogens with zero attached hydrogens (tertiary/aromatic N) is 2. The second kappa shape index (κ2) is 4.35. The van der Waals surface area contributed by atoms with Crippen molar-refractivity contribution in [2.45, 2.75) is 45.1 Å². The van der Waals surface area contributed by atoms with E-state index in [1.807, 2.05) is 0 Å². The normalized spacial score (nSPS) is 16.5. The largest absolute Gasteiger partial charge is 0.367 e. The molecule has 0 radical (unpaired) electrons. The van der Waals surface area contributed by atoms with Crippen molar-refractivity contribution in [2.24, 2.45) is 0 Å². The molecule has 0 unspecified atom stereocenters. The summed E-state index contributed by atoms with van der Waals surface area (Å²) in [4.78, 5) is 8.65. The predicted molar refractivity (Wildman–Crippen MR) is 62.4 cm³/mol.